The lowest BCUT2D eigenvalue weighted by molar-refractivity contribution is 0.0773. The van der Waals surface area contributed by atoms with Gasteiger partial charge in [-0.15, -0.1) is 0 Å². The van der Waals surface area contributed by atoms with E-state index in [1.807, 2.05) is 13.8 Å². The third-order valence-electron chi connectivity index (χ3n) is 2.06. The molecule has 1 aromatic rings. The van der Waals surface area contributed by atoms with Gasteiger partial charge in [-0.25, -0.2) is 0 Å². The molecule has 75 valence electrons. The molecule has 14 heavy (non-hydrogen) atoms. The van der Waals surface area contributed by atoms with Gasteiger partial charge in [0, 0.05) is 29.7 Å². The highest BCUT2D eigenvalue weighted by Gasteiger charge is 2.11. The molecule has 0 atom stereocenters. The van der Waals surface area contributed by atoms with Crippen molar-refractivity contribution in [3.63, 3.8) is 0 Å². The number of carbonyl (C=O) groups excluding carboxylic acids is 1. The quantitative estimate of drug-likeness (QED) is 0.751. The Hall–Kier alpha value is -1.02. The van der Waals surface area contributed by atoms with Gasteiger partial charge in [0.1, 0.15) is 0 Å². The minimum absolute atomic E-state index is 0.0194. The molecule has 0 saturated carbocycles. The number of rotatable bonds is 3. The Labute approximate surface area is 89.5 Å². The van der Waals surface area contributed by atoms with Gasteiger partial charge in [-0.1, -0.05) is 17.7 Å². The second kappa shape index (κ2) is 5.01. The maximum Gasteiger partial charge on any atom is 0.253 e. The topological polar surface area (TPSA) is 20.3 Å². The summed E-state index contributed by atoms with van der Waals surface area (Å²) in [5.41, 5.74) is 0.623. The van der Waals surface area contributed by atoms with Gasteiger partial charge in [-0.05, 0) is 26.0 Å². The number of carbonyl (C=O) groups is 1. The molecule has 2 nitrogen and oxygen atoms in total. The molecule has 1 amide bonds. The fourth-order valence-electron chi connectivity index (χ4n) is 1.26. The van der Waals surface area contributed by atoms with Crippen LogP contribution in [0, 0.1) is 6.07 Å². The Morgan fingerprint density at radius 1 is 1.50 bits per heavy atom. The fourth-order valence-corrected chi connectivity index (χ4v) is 1.44. The summed E-state index contributed by atoms with van der Waals surface area (Å²) in [5.74, 6) is 0.0194. The molecule has 0 heterocycles. The summed E-state index contributed by atoms with van der Waals surface area (Å²) in [6.07, 6.45) is 0. The van der Waals surface area contributed by atoms with Gasteiger partial charge < -0.3 is 4.90 Å². The third-order valence-corrected chi connectivity index (χ3v) is 2.28. The Bertz CT molecular complexity index is 321. The average Bonchev–Trinajstić information content (AvgIpc) is 2.19. The first kappa shape index (κ1) is 11.1. The molecule has 0 aliphatic rings. The molecule has 0 aliphatic carbocycles. The van der Waals surface area contributed by atoms with E-state index in [4.69, 9.17) is 11.6 Å². The van der Waals surface area contributed by atoms with Crippen molar-refractivity contribution >= 4 is 17.5 Å². The van der Waals surface area contributed by atoms with Crippen molar-refractivity contribution in [2.24, 2.45) is 0 Å². The lowest BCUT2D eigenvalue weighted by Gasteiger charge is -2.18. The summed E-state index contributed by atoms with van der Waals surface area (Å²) in [4.78, 5) is 13.6. The molecule has 0 bridgehead atoms. The normalized spacial score (nSPS) is 9.93. The van der Waals surface area contributed by atoms with Crippen molar-refractivity contribution in [1.29, 1.82) is 0 Å². The second-order valence-electron chi connectivity index (χ2n) is 2.90. The number of nitrogens with zero attached hydrogens (tertiary/aromatic N) is 1. The van der Waals surface area contributed by atoms with Crippen LogP contribution in [0.25, 0.3) is 0 Å². The standard InChI is InChI=1S/C11H13ClNO/c1-3-13(4-2)11(14)9-6-5-7-10(12)8-9/h5-6,8H,3-4H2,1-2H3. The molecule has 1 aromatic carbocycles. The average molecular weight is 211 g/mol. The summed E-state index contributed by atoms with van der Waals surface area (Å²) >= 11 is 5.75. The van der Waals surface area contributed by atoms with E-state index < -0.39 is 0 Å². The van der Waals surface area contributed by atoms with E-state index in [1.54, 1.807) is 23.1 Å². The van der Waals surface area contributed by atoms with Gasteiger partial charge in [0.15, 0.2) is 0 Å². The first-order valence-corrected chi connectivity index (χ1v) is 5.03. The van der Waals surface area contributed by atoms with Crippen LogP contribution < -0.4 is 0 Å². The molecule has 0 aliphatic heterocycles. The zero-order valence-electron chi connectivity index (χ0n) is 8.38. The zero-order valence-corrected chi connectivity index (χ0v) is 9.14. The van der Waals surface area contributed by atoms with E-state index in [0.29, 0.717) is 23.7 Å². The van der Waals surface area contributed by atoms with Crippen molar-refractivity contribution in [3.05, 3.63) is 34.9 Å². The second-order valence-corrected chi connectivity index (χ2v) is 3.31. The van der Waals surface area contributed by atoms with Gasteiger partial charge >= 0.3 is 0 Å². The third kappa shape index (κ3) is 2.48. The van der Waals surface area contributed by atoms with Crippen molar-refractivity contribution in [2.45, 2.75) is 13.8 Å². The van der Waals surface area contributed by atoms with Crippen LogP contribution in [0.2, 0.25) is 5.02 Å². The van der Waals surface area contributed by atoms with E-state index >= 15 is 0 Å². The van der Waals surface area contributed by atoms with Gasteiger partial charge in [0.05, 0.1) is 0 Å². The van der Waals surface area contributed by atoms with Crippen LogP contribution in [0.1, 0.15) is 24.2 Å². The molecule has 3 heteroatoms. The lowest BCUT2D eigenvalue weighted by atomic mass is 10.2. The first-order valence-electron chi connectivity index (χ1n) is 4.65. The van der Waals surface area contributed by atoms with Crippen LogP contribution >= 0.6 is 11.6 Å². The van der Waals surface area contributed by atoms with E-state index in [9.17, 15) is 4.79 Å². The molecule has 0 saturated heterocycles. The molecule has 1 rings (SSSR count). The monoisotopic (exact) mass is 210 g/mol. The molecular formula is C11H13ClNO. The maximum absolute atomic E-state index is 11.8. The number of halogens is 1. The molecule has 0 spiro atoms. The van der Waals surface area contributed by atoms with Crippen LogP contribution in [0.5, 0.6) is 0 Å². The Kier molecular flexibility index (Phi) is 3.96. The van der Waals surface area contributed by atoms with Crippen LogP contribution in [0.15, 0.2) is 18.2 Å². The van der Waals surface area contributed by atoms with E-state index in [2.05, 4.69) is 6.07 Å². The summed E-state index contributed by atoms with van der Waals surface area (Å²) in [6, 6.07) is 7.83. The van der Waals surface area contributed by atoms with Crippen LogP contribution in [-0.2, 0) is 0 Å². The fraction of sp³-hybridized carbons (Fsp3) is 0.364. The largest absolute Gasteiger partial charge is 0.339 e. The van der Waals surface area contributed by atoms with Gasteiger partial charge in [0.25, 0.3) is 5.91 Å². The van der Waals surface area contributed by atoms with Gasteiger partial charge in [0.2, 0.25) is 0 Å². The van der Waals surface area contributed by atoms with E-state index in [1.165, 1.54) is 0 Å². The molecule has 0 fully saturated rings. The molecule has 0 N–H and O–H groups in total. The number of hydrogen-bond acceptors (Lipinski definition) is 1. The van der Waals surface area contributed by atoms with Gasteiger partial charge in [-0.3, -0.25) is 4.79 Å². The SMILES string of the molecule is CCN(CC)C(=O)c1cc[c]c(Cl)c1. The summed E-state index contributed by atoms with van der Waals surface area (Å²) in [5, 5.41) is 0.475. The van der Waals surface area contributed by atoms with E-state index in [-0.39, 0.29) is 5.91 Å². The highest BCUT2D eigenvalue weighted by atomic mass is 35.5. The predicted molar refractivity (Wildman–Crippen MR) is 57.5 cm³/mol. The minimum atomic E-state index is 0.0194. The first-order chi connectivity index (χ1) is 6.69. The number of amides is 1. The Morgan fingerprint density at radius 2 is 2.14 bits per heavy atom. The minimum Gasteiger partial charge on any atom is -0.339 e. The Morgan fingerprint density at radius 3 is 2.64 bits per heavy atom. The lowest BCUT2D eigenvalue weighted by Crippen LogP contribution is -2.30. The van der Waals surface area contributed by atoms with Crippen LogP contribution in [-0.4, -0.2) is 23.9 Å². The highest BCUT2D eigenvalue weighted by Crippen LogP contribution is 2.11. The predicted octanol–water partition coefficient (Wildman–Crippen LogP) is 2.62. The van der Waals surface area contributed by atoms with Crippen molar-refractivity contribution < 1.29 is 4.79 Å². The van der Waals surface area contributed by atoms with Crippen molar-refractivity contribution in [2.75, 3.05) is 13.1 Å². The maximum atomic E-state index is 11.8. The molecule has 1 radical (unpaired) electrons. The highest BCUT2D eigenvalue weighted by molar-refractivity contribution is 6.30. The van der Waals surface area contributed by atoms with Crippen LogP contribution in [0.4, 0.5) is 0 Å². The summed E-state index contributed by atoms with van der Waals surface area (Å²) in [6.45, 7) is 5.34. The smallest absolute Gasteiger partial charge is 0.253 e. The summed E-state index contributed by atoms with van der Waals surface area (Å²) in [7, 11) is 0. The summed E-state index contributed by atoms with van der Waals surface area (Å²) < 4.78 is 0. The number of benzene rings is 1. The van der Waals surface area contributed by atoms with Crippen LogP contribution in [0.3, 0.4) is 0 Å². The van der Waals surface area contributed by atoms with Crippen molar-refractivity contribution in [3.8, 4) is 0 Å². The number of hydrogen-bond donors (Lipinski definition) is 0. The van der Waals surface area contributed by atoms with Gasteiger partial charge in [-0.2, -0.15) is 0 Å². The zero-order chi connectivity index (χ0) is 10.6. The Balaban J connectivity index is 2.88. The molecule has 0 aromatic heterocycles. The molecular weight excluding hydrogens is 198 g/mol. The molecule has 0 unspecified atom stereocenters. The van der Waals surface area contributed by atoms with E-state index in [0.717, 1.165) is 0 Å². The van der Waals surface area contributed by atoms with Crippen molar-refractivity contribution in [1.82, 2.24) is 4.90 Å².